The highest BCUT2D eigenvalue weighted by Gasteiger charge is 2.29. The van der Waals surface area contributed by atoms with Crippen LogP contribution in [-0.2, 0) is 22.6 Å². The van der Waals surface area contributed by atoms with Crippen molar-refractivity contribution < 1.29 is 18.7 Å². The van der Waals surface area contributed by atoms with Crippen molar-refractivity contribution in [2.24, 2.45) is 0 Å². The van der Waals surface area contributed by atoms with Gasteiger partial charge in [0.05, 0.1) is 33.0 Å². The van der Waals surface area contributed by atoms with Gasteiger partial charge in [-0.3, -0.25) is 14.9 Å². The monoisotopic (exact) mass is 560 g/mol. The molecule has 2 saturated heterocycles. The Morgan fingerprint density at radius 3 is 2.85 bits per heavy atom. The van der Waals surface area contributed by atoms with E-state index in [9.17, 15) is 9.59 Å². The Morgan fingerprint density at radius 2 is 2.05 bits per heavy atom. The molecule has 2 aliphatic heterocycles. The number of ether oxygens (including phenoxy) is 1. The normalized spacial score (nSPS) is 17.9. The molecular weight excluding hydrogens is 528 g/mol. The quantitative estimate of drug-likeness (QED) is 0.291. The SMILES string of the molecule is C=CC(=O)N1CCC[C@@H]1Cn1c(NC(=O)c2ccc(-c3cnco3)s2)nc2cc(CNC3CCOCC3)ccc21. The highest BCUT2D eigenvalue weighted by molar-refractivity contribution is 7.17. The van der Waals surface area contributed by atoms with Gasteiger partial charge in [-0.1, -0.05) is 12.6 Å². The molecule has 10 nitrogen and oxygen atoms in total. The van der Waals surface area contributed by atoms with Gasteiger partial charge in [-0.05, 0) is 61.6 Å². The van der Waals surface area contributed by atoms with E-state index in [1.54, 1.807) is 12.3 Å². The summed E-state index contributed by atoms with van der Waals surface area (Å²) in [6.45, 7) is 7.22. The number of likely N-dealkylation sites (tertiary alicyclic amines) is 1. The molecular formula is C29H32N6O4S. The summed E-state index contributed by atoms with van der Waals surface area (Å²) in [6.07, 6.45) is 8.19. The zero-order valence-corrected chi connectivity index (χ0v) is 23.0. The van der Waals surface area contributed by atoms with E-state index >= 15 is 0 Å². The minimum Gasteiger partial charge on any atom is -0.443 e. The first-order valence-electron chi connectivity index (χ1n) is 13.6. The summed E-state index contributed by atoms with van der Waals surface area (Å²) in [5, 5.41) is 6.66. The van der Waals surface area contributed by atoms with E-state index in [1.165, 1.54) is 23.8 Å². The van der Waals surface area contributed by atoms with Crippen LogP contribution >= 0.6 is 11.3 Å². The molecule has 2 fully saturated rings. The van der Waals surface area contributed by atoms with Crippen LogP contribution in [0.25, 0.3) is 21.7 Å². The van der Waals surface area contributed by atoms with Crippen LogP contribution in [0.15, 0.2) is 60.0 Å². The first-order chi connectivity index (χ1) is 19.6. The van der Waals surface area contributed by atoms with E-state index in [0.29, 0.717) is 35.7 Å². The van der Waals surface area contributed by atoms with Crippen LogP contribution in [0.2, 0.25) is 0 Å². The smallest absolute Gasteiger partial charge is 0.268 e. The topological polar surface area (TPSA) is 115 Å². The molecule has 0 bridgehead atoms. The molecule has 40 heavy (non-hydrogen) atoms. The molecule has 5 heterocycles. The molecule has 0 spiro atoms. The number of hydrogen-bond donors (Lipinski definition) is 2. The summed E-state index contributed by atoms with van der Waals surface area (Å²) < 4.78 is 12.9. The van der Waals surface area contributed by atoms with Crippen molar-refractivity contribution in [3.05, 3.63) is 66.0 Å². The molecule has 2 amide bonds. The molecule has 6 rings (SSSR count). The van der Waals surface area contributed by atoms with Gasteiger partial charge in [0.15, 0.2) is 12.2 Å². The summed E-state index contributed by atoms with van der Waals surface area (Å²) >= 11 is 1.33. The molecule has 0 aliphatic carbocycles. The van der Waals surface area contributed by atoms with E-state index in [0.717, 1.165) is 66.9 Å². The zero-order valence-electron chi connectivity index (χ0n) is 22.2. The number of thiophene rings is 1. The van der Waals surface area contributed by atoms with Gasteiger partial charge in [0, 0.05) is 38.9 Å². The van der Waals surface area contributed by atoms with E-state index in [4.69, 9.17) is 14.1 Å². The van der Waals surface area contributed by atoms with E-state index < -0.39 is 0 Å². The predicted octanol–water partition coefficient (Wildman–Crippen LogP) is 4.45. The maximum atomic E-state index is 13.3. The van der Waals surface area contributed by atoms with Crippen LogP contribution in [-0.4, -0.2) is 63.1 Å². The Kier molecular flexibility index (Phi) is 7.76. The highest BCUT2D eigenvalue weighted by Crippen LogP contribution is 2.30. The number of nitrogens with zero attached hydrogens (tertiary/aromatic N) is 4. The van der Waals surface area contributed by atoms with E-state index in [1.807, 2.05) is 15.5 Å². The molecule has 0 radical (unpaired) electrons. The fourth-order valence-corrected chi connectivity index (χ4v) is 6.32. The average Bonchev–Trinajstić information content (AvgIpc) is 3.79. The van der Waals surface area contributed by atoms with Gasteiger partial charge in [-0.25, -0.2) is 9.97 Å². The molecule has 2 N–H and O–H groups in total. The number of fused-ring (bicyclic) bond motifs is 1. The minimum atomic E-state index is -0.251. The van der Waals surface area contributed by atoms with Crippen molar-refractivity contribution in [2.45, 2.75) is 50.9 Å². The van der Waals surface area contributed by atoms with Crippen LogP contribution in [0.4, 0.5) is 5.95 Å². The van der Waals surface area contributed by atoms with Gasteiger partial charge in [0.2, 0.25) is 11.9 Å². The van der Waals surface area contributed by atoms with Gasteiger partial charge in [-0.15, -0.1) is 11.3 Å². The average molecular weight is 561 g/mol. The Labute approximate surface area is 236 Å². The number of aromatic nitrogens is 3. The Bertz CT molecular complexity index is 1500. The summed E-state index contributed by atoms with van der Waals surface area (Å²) in [5.41, 5.74) is 2.84. The van der Waals surface area contributed by atoms with Gasteiger partial charge in [0.1, 0.15) is 0 Å². The third kappa shape index (κ3) is 5.58. The first-order valence-corrected chi connectivity index (χ1v) is 14.4. The minimum absolute atomic E-state index is 0.00629. The fourth-order valence-electron chi connectivity index (χ4n) is 5.47. The van der Waals surface area contributed by atoms with Crippen LogP contribution in [0.5, 0.6) is 0 Å². The summed E-state index contributed by atoms with van der Waals surface area (Å²) in [7, 11) is 0. The number of imidazole rings is 1. The third-order valence-electron chi connectivity index (χ3n) is 7.59. The lowest BCUT2D eigenvalue weighted by atomic mass is 10.1. The largest absolute Gasteiger partial charge is 0.443 e. The number of benzene rings is 1. The fraction of sp³-hybridized carbons (Fsp3) is 0.379. The van der Waals surface area contributed by atoms with E-state index in [-0.39, 0.29) is 17.9 Å². The maximum Gasteiger partial charge on any atom is 0.268 e. The number of carbonyl (C=O) groups is 2. The van der Waals surface area contributed by atoms with Crippen molar-refractivity contribution in [1.29, 1.82) is 0 Å². The number of carbonyl (C=O) groups excluding carboxylic acids is 2. The Hall–Kier alpha value is -3.80. The number of rotatable bonds is 9. The molecule has 0 unspecified atom stereocenters. The molecule has 4 aromatic rings. The standard InChI is InChI=1S/C29H32N6O4S/c1-2-27(36)34-11-3-4-21(34)17-35-23-6-5-19(15-31-20-9-12-38-13-10-20)14-22(23)32-29(35)33-28(37)26-8-7-25(40-26)24-16-30-18-39-24/h2,5-8,14,16,18,20-21,31H,1,3-4,9-13,15,17H2,(H,32,33,37)/t21-/m1/s1. The van der Waals surface area contributed by atoms with Gasteiger partial charge in [-0.2, -0.15) is 0 Å². The molecule has 0 saturated carbocycles. The first kappa shape index (κ1) is 26.4. The lowest BCUT2D eigenvalue weighted by molar-refractivity contribution is -0.126. The van der Waals surface area contributed by atoms with Crippen molar-refractivity contribution in [3.63, 3.8) is 0 Å². The molecule has 11 heteroatoms. The summed E-state index contributed by atoms with van der Waals surface area (Å²) in [4.78, 5) is 37.9. The maximum absolute atomic E-state index is 13.3. The van der Waals surface area contributed by atoms with Crippen LogP contribution in [0.1, 0.15) is 40.9 Å². The summed E-state index contributed by atoms with van der Waals surface area (Å²) in [6, 6.07) is 10.3. The molecule has 1 atom stereocenters. The van der Waals surface area contributed by atoms with Crippen molar-refractivity contribution in [2.75, 3.05) is 25.1 Å². The van der Waals surface area contributed by atoms with Gasteiger partial charge >= 0.3 is 0 Å². The lowest BCUT2D eigenvalue weighted by Gasteiger charge is -2.25. The molecule has 2 aliphatic rings. The van der Waals surface area contributed by atoms with Gasteiger partial charge < -0.3 is 23.9 Å². The van der Waals surface area contributed by atoms with Crippen molar-refractivity contribution >= 4 is 40.1 Å². The van der Waals surface area contributed by atoms with E-state index in [2.05, 4.69) is 40.4 Å². The molecule has 3 aromatic heterocycles. The van der Waals surface area contributed by atoms with Gasteiger partial charge in [0.25, 0.3) is 5.91 Å². The lowest BCUT2D eigenvalue weighted by Crippen LogP contribution is -2.37. The number of anilines is 1. The zero-order chi connectivity index (χ0) is 27.5. The number of amides is 2. The van der Waals surface area contributed by atoms with Crippen molar-refractivity contribution in [3.8, 4) is 10.6 Å². The highest BCUT2D eigenvalue weighted by atomic mass is 32.1. The second-order valence-electron chi connectivity index (χ2n) is 10.2. The number of oxazole rings is 1. The Balaban J connectivity index is 1.27. The van der Waals surface area contributed by atoms with Crippen LogP contribution in [0.3, 0.4) is 0 Å². The van der Waals surface area contributed by atoms with Crippen LogP contribution < -0.4 is 10.6 Å². The summed E-state index contributed by atoms with van der Waals surface area (Å²) in [5.74, 6) is 0.755. The molecule has 208 valence electrons. The second kappa shape index (κ2) is 11.7. The van der Waals surface area contributed by atoms with Crippen LogP contribution in [0, 0.1) is 0 Å². The molecule has 1 aromatic carbocycles. The third-order valence-corrected chi connectivity index (χ3v) is 8.69. The number of nitrogens with one attached hydrogen (secondary N) is 2. The second-order valence-corrected chi connectivity index (χ2v) is 11.2. The Morgan fingerprint density at radius 1 is 1.18 bits per heavy atom. The van der Waals surface area contributed by atoms with Crippen molar-refractivity contribution in [1.82, 2.24) is 24.8 Å². The number of hydrogen-bond acceptors (Lipinski definition) is 8. The predicted molar refractivity (Wildman–Crippen MR) is 153 cm³/mol.